The third-order valence-electron chi connectivity index (χ3n) is 6.38. The number of alkyl carbamates (subject to hydrolysis) is 1. The molecule has 0 bridgehead atoms. The Morgan fingerprint density at radius 3 is 2.00 bits per heavy atom. The van der Waals surface area contributed by atoms with Crippen LogP contribution in [0.3, 0.4) is 0 Å². The second-order valence-corrected chi connectivity index (χ2v) is 12.9. The molecule has 0 saturated carbocycles. The summed E-state index contributed by atoms with van der Waals surface area (Å²) < 4.78 is 11.0. The Bertz CT molecular complexity index is 1270. The van der Waals surface area contributed by atoms with Crippen LogP contribution in [-0.2, 0) is 30.3 Å². The predicted octanol–water partition coefficient (Wildman–Crippen LogP) is 5.09. The highest BCUT2D eigenvalue weighted by Crippen LogP contribution is 2.27. The molecule has 0 radical (unpaired) electrons. The van der Waals surface area contributed by atoms with Crippen molar-refractivity contribution in [1.29, 1.82) is 0 Å². The summed E-state index contributed by atoms with van der Waals surface area (Å²) in [6, 6.07) is 11.8. The van der Waals surface area contributed by atoms with Crippen molar-refractivity contribution in [2.75, 3.05) is 12.3 Å². The monoisotopic (exact) mass is 613 g/mol. The Hall–Kier alpha value is -3.53. The molecule has 0 aliphatic rings. The number of rotatable bonds is 11. The van der Waals surface area contributed by atoms with E-state index in [1.165, 1.54) is 4.90 Å². The van der Waals surface area contributed by atoms with E-state index in [0.717, 1.165) is 16.7 Å². The number of carbonyl (C=O) groups is 4. The molecule has 236 valence electrons. The van der Waals surface area contributed by atoms with Crippen molar-refractivity contribution < 1.29 is 28.7 Å². The van der Waals surface area contributed by atoms with E-state index >= 15 is 0 Å². The van der Waals surface area contributed by atoms with Crippen molar-refractivity contribution in [2.24, 2.45) is 0 Å². The molecular formula is C33H47N3O6S. The van der Waals surface area contributed by atoms with Gasteiger partial charge in [-0.05, 0) is 79.0 Å². The Kier molecular flexibility index (Phi) is 12.7. The lowest BCUT2D eigenvalue weighted by Crippen LogP contribution is -2.55. The Morgan fingerprint density at radius 1 is 0.860 bits per heavy atom. The zero-order valence-corrected chi connectivity index (χ0v) is 27.7. The number of nitrogens with one attached hydrogen (secondary N) is 2. The van der Waals surface area contributed by atoms with Gasteiger partial charge in [-0.25, -0.2) is 9.59 Å². The highest BCUT2D eigenvalue weighted by molar-refractivity contribution is 7.80. The minimum absolute atomic E-state index is 0.0236. The molecule has 0 fully saturated rings. The number of nitrogens with zero attached hydrogens (tertiary/aromatic N) is 1. The average Bonchev–Trinajstić information content (AvgIpc) is 2.89. The lowest BCUT2D eigenvalue weighted by molar-refractivity contribution is -0.159. The Balaban J connectivity index is 2.53. The number of esters is 1. The smallest absolute Gasteiger partial charge is 0.408 e. The number of ether oxygens (including phenoxy) is 2. The quantitative estimate of drug-likeness (QED) is 0.241. The molecule has 9 nitrogen and oxygen atoms in total. The van der Waals surface area contributed by atoms with E-state index in [9.17, 15) is 19.2 Å². The molecule has 2 rings (SSSR count). The molecule has 0 saturated heterocycles. The van der Waals surface area contributed by atoms with Crippen LogP contribution < -0.4 is 10.6 Å². The maximum atomic E-state index is 14.3. The second-order valence-electron chi connectivity index (χ2n) is 12.6. The van der Waals surface area contributed by atoms with E-state index in [4.69, 9.17) is 9.47 Å². The number of amides is 3. The molecule has 43 heavy (non-hydrogen) atoms. The van der Waals surface area contributed by atoms with Crippen LogP contribution in [0, 0.1) is 13.8 Å². The van der Waals surface area contributed by atoms with Crippen LogP contribution in [-0.4, -0.2) is 64.4 Å². The van der Waals surface area contributed by atoms with Crippen LogP contribution in [0.2, 0.25) is 0 Å². The van der Waals surface area contributed by atoms with Gasteiger partial charge in [-0.3, -0.25) is 9.59 Å². The minimum atomic E-state index is -1.11. The first kappa shape index (κ1) is 35.7. The van der Waals surface area contributed by atoms with Gasteiger partial charge in [0.15, 0.2) is 0 Å². The molecule has 10 heteroatoms. The molecule has 0 aliphatic carbocycles. The molecular weight excluding hydrogens is 566 g/mol. The highest BCUT2D eigenvalue weighted by atomic mass is 32.1. The number of thiol groups is 1. The van der Waals surface area contributed by atoms with Crippen molar-refractivity contribution >= 4 is 36.5 Å². The third kappa shape index (κ3) is 11.2. The first-order chi connectivity index (χ1) is 20.0. The van der Waals surface area contributed by atoms with Gasteiger partial charge in [0.1, 0.15) is 29.3 Å². The first-order valence-electron chi connectivity index (χ1n) is 14.5. The topological polar surface area (TPSA) is 114 Å². The van der Waals surface area contributed by atoms with Gasteiger partial charge in [0.25, 0.3) is 0 Å². The van der Waals surface area contributed by atoms with Gasteiger partial charge >= 0.3 is 12.1 Å². The number of likely N-dealkylation sites (N-methyl/N-ethyl adjacent to an activating group) is 1. The van der Waals surface area contributed by atoms with Crippen LogP contribution in [0.4, 0.5) is 4.79 Å². The van der Waals surface area contributed by atoms with Gasteiger partial charge in [0.05, 0.1) is 0 Å². The van der Waals surface area contributed by atoms with Crippen LogP contribution in [0.1, 0.15) is 76.8 Å². The lowest BCUT2D eigenvalue weighted by Gasteiger charge is -2.35. The molecule has 3 amide bonds. The second kappa shape index (κ2) is 15.3. The van der Waals surface area contributed by atoms with Crippen molar-refractivity contribution in [3.63, 3.8) is 0 Å². The minimum Gasteiger partial charge on any atom is -0.458 e. The molecule has 3 unspecified atom stereocenters. The Morgan fingerprint density at radius 2 is 1.47 bits per heavy atom. The van der Waals surface area contributed by atoms with E-state index in [0.29, 0.717) is 5.56 Å². The summed E-state index contributed by atoms with van der Waals surface area (Å²) >= 11 is 4.32. The van der Waals surface area contributed by atoms with E-state index < -0.39 is 53.2 Å². The molecule has 3 atom stereocenters. The average molecular weight is 614 g/mol. The standard InChI is InChI=1S/C33H47N3O6S/c1-10-36(29(38)26(20-43)35-31(40)42-33(7,8)9)27(24-18-21(2)16-17-22(24)3)28(37)34-25(30(39)41-32(4,5)6)19-23-14-12-11-13-15-23/h11-18,25-27,43H,10,19-20H2,1-9H3,(H,34,37)(H,35,40). The van der Waals surface area contributed by atoms with Crippen molar-refractivity contribution in [1.82, 2.24) is 15.5 Å². The third-order valence-corrected chi connectivity index (χ3v) is 6.74. The van der Waals surface area contributed by atoms with E-state index in [1.54, 1.807) is 48.5 Å². The maximum absolute atomic E-state index is 14.3. The summed E-state index contributed by atoms with van der Waals surface area (Å²) in [5, 5.41) is 5.48. The van der Waals surface area contributed by atoms with Crippen molar-refractivity contribution in [3.05, 3.63) is 70.8 Å². The number of hydrogen-bond acceptors (Lipinski definition) is 7. The number of carbonyl (C=O) groups excluding carboxylic acids is 4. The van der Waals surface area contributed by atoms with Crippen LogP contribution in [0.15, 0.2) is 48.5 Å². The zero-order chi connectivity index (χ0) is 32.5. The van der Waals surface area contributed by atoms with Crippen LogP contribution in [0.5, 0.6) is 0 Å². The fourth-order valence-corrected chi connectivity index (χ4v) is 4.72. The summed E-state index contributed by atoms with van der Waals surface area (Å²) in [4.78, 5) is 55.5. The first-order valence-corrected chi connectivity index (χ1v) is 15.1. The fourth-order valence-electron chi connectivity index (χ4n) is 4.47. The summed E-state index contributed by atoms with van der Waals surface area (Å²) in [6.45, 7) is 16.1. The number of benzene rings is 2. The molecule has 2 aromatic rings. The van der Waals surface area contributed by atoms with Crippen LogP contribution >= 0.6 is 12.6 Å². The summed E-state index contributed by atoms with van der Waals surface area (Å²) in [5.74, 6) is -1.67. The summed E-state index contributed by atoms with van der Waals surface area (Å²) in [5.41, 5.74) is 1.58. The van der Waals surface area contributed by atoms with E-state index in [1.807, 2.05) is 62.4 Å². The van der Waals surface area contributed by atoms with Gasteiger partial charge in [0.2, 0.25) is 11.8 Å². The largest absolute Gasteiger partial charge is 0.458 e. The molecule has 0 aromatic heterocycles. The molecule has 0 heterocycles. The molecule has 2 N–H and O–H groups in total. The molecule has 2 aromatic carbocycles. The summed E-state index contributed by atoms with van der Waals surface area (Å²) in [6.07, 6.45) is -0.572. The normalized spacial score (nSPS) is 13.7. The maximum Gasteiger partial charge on any atom is 0.408 e. The van der Waals surface area contributed by atoms with Crippen molar-refractivity contribution in [2.45, 2.75) is 98.1 Å². The highest BCUT2D eigenvalue weighted by Gasteiger charge is 2.38. The van der Waals surface area contributed by atoms with Crippen LogP contribution in [0.25, 0.3) is 0 Å². The van der Waals surface area contributed by atoms with Gasteiger partial charge in [-0.2, -0.15) is 12.6 Å². The fraction of sp³-hybridized carbons (Fsp3) is 0.515. The Labute approximate surface area is 261 Å². The van der Waals surface area contributed by atoms with Gasteiger partial charge < -0.3 is 25.0 Å². The van der Waals surface area contributed by atoms with Gasteiger partial charge in [0, 0.05) is 18.7 Å². The number of hydrogen-bond donors (Lipinski definition) is 3. The molecule has 0 spiro atoms. The zero-order valence-electron chi connectivity index (χ0n) is 26.8. The predicted molar refractivity (Wildman–Crippen MR) is 171 cm³/mol. The van der Waals surface area contributed by atoms with E-state index in [2.05, 4.69) is 23.3 Å². The number of aryl methyl sites for hydroxylation is 2. The molecule has 0 aliphatic heterocycles. The van der Waals surface area contributed by atoms with Gasteiger partial charge in [-0.15, -0.1) is 0 Å². The van der Waals surface area contributed by atoms with Crippen molar-refractivity contribution in [3.8, 4) is 0 Å². The van der Waals surface area contributed by atoms with Gasteiger partial charge in [-0.1, -0.05) is 54.1 Å². The summed E-state index contributed by atoms with van der Waals surface area (Å²) in [7, 11) is 0. The van der Waals surface area contributed by atoms with E-state index in [-0.39, 0.29) is 18.7 Å². The SMILES string of the molecule is CCN(C(=O)C(CS)NC(=O)OC(C)(C)C)C(C(=O)NC(Cc1ccccc1)C(=O)OC(C)(C)C)c1cc(C)ccc1C. The lowest BCUT2D eigenvalue weighted by atomic mass is 9.95.